The smallest absolute Gasteiger partial charge is 0.265 e. The number of piperidine rings is 1. The summed E-state index contributed by atoms with van der Waals surface area (Å²) in [6.45, 7) is 4.84. The Labute approximate surface area is 176 Å². The molecule has 2 aromatic carbocycles. The zero-order chi connectivity index (χ0) is 21.0. The number of hydrogen-bond donors (Lipinski definition) is 1. The molecule has 0 radical (unpaired) electrons. The quantitative estimate of drug-likeness (QED) is 0.737. The van der Waals surface area contributed by atoms with Crippen molar-refractivity contribution in [2.75, 3.05) is 18.4 Å². The van der Waals surface area contributed by atoms with Gasteiger partial charge in [0.25, 0.3) is 5.91 Å². The molecule has 1 fully saturated rings. The third kappa shape index (κ3) is 5.29. The lowest BCUT2D eigenvalue weighted by Gasteiger charge is -2.29. The van der Waals surface area contributed by atoms with Crippen molar-refractivity contribution in [3.8, 4) is 5.75 Å². The van der Waals surface area contributed by atoms with Gasteiger partial charge in [0.15, 0.2) is 6.10 Å². The van der Waals surface area contributed by atoms with Gasteiger partial charge in [0.05, 0.1) is 9.92 Å². The van der Waals surface area contributed by atoms with Crippen LogP contribution in [-0.4, -0.2) is 37.8 Å². The summed E-state index contributed by atoms with van der Waals surface area (Å²) in [6, 6.07) is 13.1. The topological polar surface area (TPSA) is 75.7 Å². The van der Waals surface area contributed by atoms with Gasteiger partial charge < -0.3 is 10.1 Å². The van der Waals surface area contributed by atoms with Gasteiger partial charge in [-0.1, -0.05) is 30.7 Å². The van der Waals surface area contributed by atoms with Crippen LogP contribution in [-0.2, 0) is 14.8 Å². The number of amides is 1. The molecule has 1 aliphatic heterocycles. The molecule has 1 saturated heterocycles. The maximum atomic E-state index is 12.8. The first-order valence-electron chi connectivity index (χ1n) is 9.59. The van der Waals surface area contributed by atoms with Crippen molar-refractivity contribution in [3.05, 3.63) is 53.6 Å². The fourth-order valence-electron chi connectivity index (χ4n) is 3.11. The van der Waals surface area contributed by atoms with E-state index in [1.807, 2.05) is 0 Å². The van der Waals surface area contributed by atoms with E-state index < -0.39 is 16.1 Å². The summed E-state index contributed by atoms with van der Waals surface area (Å²) in [4.78, 5) is 12.6. The van der Waals surface area contributed by atoms with E-state index in [4.69, 9.17) is 16.3 Å². The first-order chi connectivity index (χ1) is 13.8. The number of nitrogens with one attached hydrogen (secondary N) is 1. The van der Waals surface area contributed by atoms with E-state index in [1.165, 1.54) is 16.4 Å². The largest absolute Gasteiger partial charge is 0.479 e. The second-order valence-corrected chi connectivity index (χ2v) is 9.64. The SMILES string of the molecule is CC1CCN(S(=O)(=O)c2ccc(NC(=O)C(C)Oc3ccccc3Cl)cc2)CC1. The molecule has 0 bridgehead atoms. The van der Waals surface area contributed by atoms with Crippen molar-refractivity contribution < 1.29 is 17.9 Å². The van der Waals surface area contributed by atoms with E-state index in [0.29, 0.717) is 35.5 Å². The highest BCUT2D eigenvalue weighted by Gasteiger charge is 2.28. The van der Waals surface area contributed by atoms with Crippen LogP contribution in [0, 0.1) is 5.92 Å². The van der Waals surface area contributed by atoms with Crippen LogP contribution < -0.4 is 10.1 Å². The Bertz CT molecular complexity index is 955. The molecule has 156 valence electrons. The van der Waals surface area contributed by atoms with E-state index in [9.17, 15) is 13.2 Å². The maximum Gasteiger partial charge on any atom is 0.265 e. The Morgan fingerprint density at radius 3 is 2.38 bits per heavy atom. The van der Waals surface area contributed by atoms with Gasteiger partial charge in [0, 0.05) is 18.8 Å². The van der Waals surface area contributed by atoms with Gasteiger partial charge in [0.1, 0.15) is 5.75 Å². The highest BCUT2D eigenvalue weighted by atomic mass is 35.5. The van der Waals surface area contributed by atoms with Crippen LogP contribution in [0.4, 0.5) is 5.69 Å². The van der Waals surface area contributed by atoms with E-state index in [2.05, 4.69) is 12.2 Å². The molecular weight excluding hydrogens is 412 g/mol. The van der Waals surface area contributed by atoms with E-state index >= 15 is 0 Å². The maximum absolute atomic E-state index is 12.8. The first kappa shape index (κ1) is 21.6. The summed E-state index contributed by atoms with van der Waals surface area (Å²) in [6.07, 6.45) is 0.974. The van der Waals surface area contributed by atoms with Gasteiger partial charge in [-0.25, -0.2) is 8.42 Å². The van der Waals surface area contributed by atoms with Gasteiger partial charge in [-0.15, -0.1) is 0 Å². The molecule has 0 saturated carbocycles. The summed E-state index contributed by atoms with van der Waals surface area (Å²) in [5.41, 5.74) is 0.496. The Morgan fingerprint density at radius 1 is 1.14 bits per heavy atom. The van der Waals surface area contributed by atoms with Crippen molar-refractivity contribution in [3.63, 3.8) is 0 Å². The second-order valence-electron chi connectivity index (χ2n) is 7.29. The molecule has 0 spiro atoms. The van der Waals surface area contributed by atoms with Crippen LogP contribution in [0.3, 0.4) is 0 Å². The Kier molecular flexibility index (Phi) is 6.82. The number of rotatable bonds is 6. The summed E-state index contributed by atoms with van der Waals surface area (Å²) in [5.74, 6) is 0.619. The molecule has 0 aliphatic carbocycles. The number of carbonyl (C=O) groups is 1. The van der Waals surface area contributed by atoms with Crippen LogP contribution in [0.1, 0.15) is 26.7 Å². The molecule has 0 aromatic heterocycles. The average Bonchev–Trinajstić information content (AvgIpc) is 2.70. The third-order valence-electron chi connectivity index (χ3n) is 5.01. The van der Waals surface area contributed by atoms with Crippen LogP contribution in [0.25, 0.3) is 0 Å². The van der Waals surface area contributed by atoms with Crippen molar-refractivity contribution in [1.82, 2.24) is 4.31 Å². The number of sulfonamides is 1. The molecule has 8 heteroatoms. The number of benzene rings is 2. The number of hydrogen-bond acceptors (Lipinski definition) is 4. The number of ether oxygens (including phenoxy) is 1. The minimum absolute atomic E-state index is 0.227. The van der Waals surface area contributed by atoms with E-state index in [-0.39, 0.29) is 10.8 Å². The molecule has 29 heavy (non-hydrogen) atoms. The molecule has 1 atom stereocenters. The number of anilines is 1. The molecule has 3 rings (SSSR count). The van der Waals surface area contributed by atoms with Crippen LogP contribution >= 0.6 is 11.6 Å². The van der Waals surface area contributed by atoms with Crippen LogP contribution in [0.5, 0.6) is 5.75 Å². The lowest BCUT2D eigenvalue weighted by atomic mass is 10.0. The van der Waals surface area contributed by atoms with Crippen molar-refractivity contribution in [1.29, 1.82) is 0 Å². The summed E-state index contributed by atoms with van der Waals surface area (Å²) < 4.78 is 32.7. The van der Waals surface area contributed by atoms with Crippen molar-refractivity contribution in [2.24, 2.45) is 5.92 Å². The van der Waals surface area contributed by atoms with Gasteiger partial charge in [0.2, 0.25) is 10.0 Å². The molecule has 1 N–H and O–H groups in total. The number of nitrogens with zero attached hydrogens (tertiary/aromatic N) is 1. The summed E-state index contributed by atoms with van der Waals surface area (Å²) in [7, 11) is -3.51. The molecule has 1 amide bonds. The Morgan fingerprint density at radius 2 is 1.76 bits per heavy atom. The summed E-state index contributed by atoms with van der Waals surface area (Å²) in [5, 5.41) is 3.15. The van der Waals surface area contributed by atoms with Crippen LogP contribution in [0.15, 0.2) is 53.4 Å². The minimum Gasteiger partial charge on any atom is -0.479 e. The average molecular weight is 437 g/mol. The van der Waals surface area contributed by atoms with Gasteiger partial charge in [-0.2, -0.15) is 4.31 Å². The normalized spacial score (nSPS) is 16.9. The highest BCUT2D eigenvalue weighted by Crippen LogP contribution is 2.26. The molecule has 2 aromatic rings. The molecular formula is C21H25ClN2O4S. The van der Waals surface area contributed by atoms with Crippen molar-refractivity contribution in [2.45, 2.75) is 37.7 Å². The standard InChI is InChI=1S/C21H25ClN2O4S/c1-15-11-13-24(14-12-15)29(26,27)18-9-7-17(8-10-18)23-21(25)16(2)28-20-6-4-3-5-19(20)22/h3-10,15-16H,11-14H2,1-2H3,(H,23,25). The predicted molar refractivity (Wildman–Crippen MR) is 114 cm³/mol. The number of para-hydroxylation sites is 1. The zero-order valence-electron chi connectivity index (χ0n) is 16.5. The third-order valence-corrected chi connectivity index (χ3v) is 7.24. The number of halogens is 1. The first-order valence-corrected chi connectivity index (χ1v) is 11.4. The fraction of sp³-hybridized carbons (Fsp3) is 0.381. The monoisotopic (exact) mass is 436 g/mol. The fourth-order valence-corrected chi connectivity index (χ4v) is 4.76. The minimum atomic E-state index is -3.51. The van der Waals surface area contributed by atoms with Gasteiger partial charge >= 0.3 is 0 Å². The second kappa shape index (κ2) is 9.15. The lowest BCUT2D eigenvalue weighted by molar-refractivity contribution is -0.122. The van der Waals surface area contributed by atoms with Crippen molar-refractivity contribution >= 4 is 33.2 Å². The molecule has 1 heterocycles. The van der Waals surface area contributed by atoms with Gasteiger partial charge in [-0.3, -0.25) is 4.79 Å². The molecule has 1 unspecified atom stereocenters. The van der Waals surface area contributed by atoms with Crippen LogP contribution in [0.2, 0.25) is 5.02 Å². The highest BCUT2D eigenvalue weighted by molar-refractivity contribution is 7.89. The van der Waals surface area contributed by atoms with E-state index in [0.717, 1.165) is 12.8 Å². The summed E-state index contributed by atoms with van der Waals surface area (Å²) >= 11 is 6.05. The van der Waals surface area contributed by atoms with E-state index in [1.54, 1.807) is 43.3 Å². The Hall–Kier alpha value is -2.09. The predicted octanol–water partition coefficient (Wildman–Crippen LogP) is 4.17. The molecule has 1 aliphatic rings. The lowest BCUT2D eigenvalue weighted by Crippen LogP contribution is -2.37. The number of carbonyl (C=O) groups excluding carboxylic acids is 1. The molecule has 6 nitrogen and oxygen atoms in total. The van der Waals surface area contributed by atoms with Gasteiger partial charge in [-0.05, 0) is 62.1 Å². The zero-order valence-corrected chi connectivity index (χ0v) is 18.0. The Balaban J connectivity index is 1.62.